The maximum Gasteiger partial charge on any atom is 0.434 e. The Morgan fingerprint density at radius 3 is 2.76 bits per heavy atom. The van der Waals surface area contributed by atoms with Crippen molar-refractivity contribution < 1.29 is 22.7 Å². The zero-order valence-corrected chi connectivity index (χ0v) is 15.3. The fourth-order valence-electron chi connectivity index (χ4n) is 2.90. The third-order valence-electron chi connectivity index (χ3n) is 4.44. The summed E-state index contributed by atoms with van der Waals surface area (Å²) in [5.74, 6) is -1.04. The van der Waals surface area contributed by atoms with Gasteiger partial charge in [0.25, 0.3) is 5.91 Å². The summed E-state index contributed by atoms with van der Waals surface area (Å²) >= 11 is 0. The standard InChI is InChI=1S/C19H18F3N5O2/c20-19(21,22)16-15(17(28)24-10-12-4-6-29-7-5-12)11-25-18(27-16)26-14-3-1-2-13(8-14)9-23/h1-3,8,11-12H,4-7,10H2,(H,24,28)(H,25,26,27). The maximum atomic E-state index is 13.5. The van der Waals surface area contributed by atoms with Gasteiger partial charge in [0.15, 0.2) is 5.69 Å². The largest absolute Gasteiger partial charge is 0.434 e. The average molecular weight is 405 g/mol. The van der Waals surface area contributed by atoms with Crippen molar-refractivity contribution >= 4 is 17.5 Å². The van der Waals surface area contributed by atoms with E-state index in [4.69, 9.17) is 10.00 Å². The summed E-state index contributed by atoms with van der Waals surface area (Å²) in [6.07, 6.45) is -2.49. The van der Waals surface area contributed by atoms with E-state index in [1.165, 1.54) is 6.07 Å². The van der Waals surface area contributed by atoms with Gasteiger partial charge in [-0.25, -0.2) is 9.97 Å². The highest BCUT2D eigenvalue weighted by Gasteiger charge is 2.38. The first kappa shape index (κ1) is 20.5. The second kappa shape index (κ2) is 8.87. The Bertz CT molecular complexity index is 921. The van der Waals surface area contributed by atoms with Gasteiger partial charge in [0, 0.05) is 31.6 Å². The first-order valence-corrected chi connectivity index (χ1v) is 8.94. The molecule has 152 valence electrons. The van der Waals surface area contributed by atoms with Crippen molar-refractivity contribution in [2.45, 2.75) is 19.0 Å². The highest BCUT2D eigenvalue weighted by Crippen LogP contribution is 2.31. The quantitative estimate of drug-likeness (QED) is 0.792. The van der Waals surface area contributed by atoms with Gasteiger partial charge in [-0.1, -0.05) is 6.07 Å². The van der Waals surface area contributed by atoms with Crippen LogP contribution < -0.4 is 10.6 Å². The average Bonchev–Trinajstić information content (AvgIpc) is 2.72. The molecule has 0 bridgehead atoms. The smallest absolute Gasteiger partial charge is 0.381 e. The normalized spacial score (nSPS) is 14.8. The number of hydrogen-bond acceptors (Lipinski definition) is 6. The Morgan fingerprint density at radius 1 is 1.31 bits per heavy atom. The van der Waals surface area contributed by atoms with Crippen molar-refractivity contribution in [3.8, 4) is 6.07 Å². The number of nitriles is 1. The predicted molar refractivity (Wildman–Crippen MR) is 97.3 cm³/mol. The number of alkyl halides is 3. The zero-order chi connectivity index (χ0) is 20.9. The topological polar surface area (TPSA) is 99.9 Å². The van der Waals surface area contributed by atoms with Crippen molar-refractivity contribution in [3.63, 3.8) is 0 Å². The minimum atomic E-state index is -4.83. The lowest BCUT2D eigenvalue weighted by molar-refractivity contribution is -0.141. The first-order valence-electron chi connectivity index (χ1n) is 8.94. The number of amides is 1. The molecule has 0 saturated carbocycles. The van der Waals surface area contributed by atoms with E-state index in [2.05, 4.69) is 20.6 Å². The summed E-state index contributed by atoms with van der Waals surface area (Å²) in [5, 5.41) is 14.1. The molecule has 0 aliphatic carbocycles. The van der Waals surface area contributed by atoms with Crippen LogP contribution in [-0.4, -0.2) is 35.6 Å². The molecule has 1 aromatic carbocycles. The SMILES string of the molecule is N#Cc1cccc(Nc2ncc(C(=O)NCC3CCOCC3)c(C(F)(F)F)n2)c1. The molecule has 10 heteroatoms. The molecule has 2 N–H and O–H groups in total. The molecule has 1 amide bonds. The van der Waals surface area contributed by atoms with E-state index in [9.17, 15) is 18.0 Å². The lowest BCUT2D eigenvalue weighted by Crippen LogP contribution is -2.33. The number of aromatic nitrogens is 2. The van der Waals surface area contributed by atoms with Gasteiger partial charge in [-0.2, -0.15) is 18.4 Å². The van der Waals surface area contributed by atoms with Crippen LogP contribution in [0.5, 0.6) is 0 Å². The summed E-state index contributed by atoms with van der Waals surface area (Å²) in [6, 6.07) is 8.07. The molecule has 7 nitrogen and oxygen atoms in total. The number of rotatable bonds is 5. The number of carbonyl (C=O) groups is 1. The Labute approximate surface area is 164 Å². The van der Waals surface area contributed by atoms with Crippen molar-refractivity contribution in [2.75, 3.05) is 25.1 Å². The molecule has 1 aliphatic rings. The summed E-state index contributed by atoms with van der Waals surface area (Å²) in [7, 11) is 0. The number of hydrogen-bond donors (Lipinski definition) is 2. The molecule has 2 aromatic rings. The number of nitrogens with one attached hydrogen (secondary N) is 2. The van der Waals surface area contributed by atoms with Crippen LogP contribution in [0.1, 0.15) is 34.5 Å². The summed E-state index contributed by atoms with van der Waals surface area (Å²) in [4.78, 5) is 19.7. The molecule has 0 unspecified atom stereocenters. The van der Waals surface area contributed by atoms with Gasteiger partial charge in [0.05, 0.1) is 17.2 Å². The third-order valence-corrected chi connectivity index (χ3v) is 4.44. The highest BCUT2D eigenvalue weighted by molar-refractivity contribution is 5.95. The molecule has 29 heavy (non-hydrogen) atoms. The van der Waals surface area contributed by atoms with Crippen LogP contribution in [0, 0.1) is 17.2 Å². The molecular formula is C19H18F3N5O2. The van der Waals surface area contributed by atoms with Crippen molar-refractivity contribution in [1.82, 2.24) is 15.3 Å². The Hall–Kier alpha value is -3.19. The molecule has 3 rings (SSSR count). The highest BCUT2D eigenvalue weighted by atomic mass is 19.4. The van der Waals surface area contributed by atoms with E-state index >= 15 is 0 Å². The number of carbonyl (C=O) groups excluding carboxylic acids is 1. The predicted octanol–water partition coefficient (Wildman–Crippen LogP) is 3.27. The van der Waals surface area contributed by atoms with Gasteiger partial charge in [0.1, 0.15) is 0 Å². The lowest BCUT2D eigenvalue weighted by atomic mass is 10.0. The molecule has 0 spiro atoms. The minimum Gasteiger partial charge on any atom is -0.381 e. The van der Waals surface area contributed by atoms with Crippen LogP contribution in [0.25, 0.3) is 0 Å². The van der Waals surface area contributed by atoms with Crippen LogP contribution in [0.15, 0.2) is 30.5 Å². The van der Waals surface area contributed by atoms with E-state index in [0.717, 1.165) is 19.0 Å². The number of halogens is 3. The summed E-state index contributed by atoms with van der Waals surface area (Å²) in [5.41, 5.74) is -1.28. The molecule has 0 atom stereocenters. The van der Waals surface area contributed by atoms with Gasteiger partial charge in [-0.15, -0.1) is 0 Å². The Balaban J connectivity index is 1.78. The maximum absolute atomic E-state index is 13.5. The van der Waals surface area contributed by atoms with Crippen LogP contribution in [0.2, 0.25) is 0 Å². The third kappa shape index (κ3) is 5.42. The Morgan fingerprint density at radius 2 is 2.07 bits per heavy atom. The van der Waals surface area contributed by atoms with Crippen LogP contribution in [0.3, 0.4) is 0 Å². The Kier molecular flexibility index (Phi) is 6.29. The second-order valence-electron chi connectivity index (χ2n) is 6.54. The summed E-state index contributed by atoms with van der Waals surface area (Å²) < 4.78 is 45.7. The number of benzene rings is 1. The van der Waals surface area contributed by atoms with Crippen LogP contribution >= 0.6 is 0 Å². The van der Waals surface area contributed by atoms with E-state index in [-0.39, 0.29) is 18.4 Å². The fraction of sp³-hybridized carbons (Fsp3) is 0.368. The molecule has 1 aliphatic heterocycles. The molecule has 2 heterocycles. The van der Waals surface area contributed by atoms with Crippen LogP contribution in [-0.2, 0) is 10.9 Å². The number of anilines is 2. The van der Waals surface area contributed by atoms with E-state index in [1.54, 1.807) is 18.2 Å². The number of nitrogens with zero attached hydrogens (tertiary/aromatic N) is 3. The number of ether oxygens (including phenoxy) is 1. The van der Waals surface area contributed by atoms with E-state index < -0.39 is 23.3 Å². The van der Waals surface area contributed by atoms with Gasteiger partial charge in [0.2, 0.25) is 5.95 Å². The fourth-order valence-corrected chi connectivity index (χ4v) is 2.90. The monoisotopic (exact) mass is 405 g/mol. The summed E-state index contributed by atoms with van der Waals surface area (Å²) in [6.45, 7) is 1.41. The lowest BCUT2D eigenvalue weighted by Gasteiger charge is -2.22. The molecule has 1 aromatic heterocycles. The van der Waals surface area contributed by atoms with Crippen molar-refractivity contribution in [3.05, 3.63) is 47.3 Å². The van der Waals surface area contributed by atoms with Crippen molar-refractivity contribution in [1.29, 1.82) is 5.26 Å². The minimum absolute atomic E-state index is 0.163. The first-order chi connectivity index (χ1) is 13.9. The van der Waals surface area contributed by atoms with Crippen LogP contribution in [0.4, 0.5) is 24.8 Å². The molecule has 1 fully saturated rings. The zero-order valence-electron chi connectivity index (χ0n) is 15.3. The molecule has 1 saturated heterocycles. The van der Waals surface area contributed by atoms with Gasteiger partial charge >= 0.3 is 6.18 Å². The van der Waals surface area contributed by atoms with Crippen molar-refractivity contribution in [2.24, 2.45) is 5.92 Å². The second-order valence-corrected chi connectivity index (χ2v) is 6.54. The van der Waals surface area contributed by atoms with Gasteiger partial charge < -0.3 is 15.4 Å². The molecule has 0 radical (unpaired) electrons. The van der Waals surface area contributed by atoms with E-state index in [1.807, 2.05) is 6.07 Å². The van der Waals surface area contributed by atoms with E-state index in [0.29, 0.717) is 24.5 Å². The van der Waals surface area contributed by atoms with Gasteiger partial charge in [-0.3, -0.25) is 4.79 Å². The van der Waals surface area contributed by atoms with Gasteiger partial charge in [-0.05, 0) is 37.0 Å². The molecular weight excluding hydrogens is 387 g/mol.